The summed E-state index contributed by atoms with van der Waals surface area (Å²) in [6, 6.07) is -0.315. The van der Waals surface area contributed by atoms with Gasteiger partial charge in [-0.25, -0.2) is 4.98 Å². The number of methoxy groups -OCH3 is 1. The van der Waals surface area contributed by atoms with E-state index in [9.17, 15) is 14.7 Å². The summed E-state index contributed by atoms with van der Waals surface area (Å²) in [4.78, 5) is 30.0. The van der Waals surface area contributed by atoms with Crippen LogP contribution in [0.5, 0.6) is 0 Å². The van der Waals surface area contributed by atoms with Crippen molar-refractivity contribution in [3.63, 3.8) is 0 Å². The van der Waals surface area contributed by atoms with E-state index in [1.165, 1.54) is 7.11 Å². The van der Waals surface area contributed by atoms with Gasteiger partial charge in [-0.05, 0) is 19.3 Å². The third kappa shape index (κ3) is 3.59. The standard InChI is InChI=1S/C16H24N4O4/c1-24-9-14(22)20-6-2-12(13(21)8-20)18-15(23)16(3-4-16)10-19-7-5-17-11-19/h5,7,11-13,21H,2-4,6,8-10H2,1H3,(H,18,23)/t12-,13-/m1/s1. The zero-order chi connectivity index (χ0) is 17.2. The van der Waals surface area contributed by atoms with Crippen LogP contribution in [-0.4, -0.2) is 70.3 Å². The average Bonchev–Trinajstić information content (AvgIpc) is 3.16. The van der Waals surface area contributed by atoms with Crippen molar-refractivity contribution in [3.8, 4) is 0 Å². The minimum atomic E-state index is -0.757. The van der Waals surface area contributed by atoms with Gasteiger partial charge in [0.1, 0.15) is 6.61 Å². The lowest BCUT2D eigenvalue weighted by Gasteiger charge is -2.36. The van der Waals surface area contributed by atoms with E-state index in [4.69, 9.17) is 4.74 Å². The van der Waals surface area contributed by atoms with Crippen molar-refractivity contribution < 1.29 is 19.4 Å². The summed E-state index contributed by atoms with van der Waals surface area (Å²) in [7, 11) is 1.47. The van der Waals surface area contributed by atoms with Gasteiger partial charge in [-0.15, -0.1) is 0 Å². The van der Waals surface area contributed by atoms with E-state index in [1.54, 1.807) is 17.4 Å². The molecule has 0 unspecified atom stereocenters. The van der Waals surface area contributed by atoms with Crippen LogP contribution in [0.4, 0.5) is 0 Å². The van der Waals surface area contributed by atoms with Gasteiger partial charge in [0.25, 0.3) is 0 Å². The molecule has 0 bridgehead atoms. The summed E-state index contributed by atoms with van der Waals surface area (Å²) >= 11 is 0. The van der Waals surface area contributed by atoms with Crippen LogP contribution >= 0.6 is 0 Å². The number of hydrogen-bond donors (Lipinski definition) is 2. The quantitative estimate of drug-likeness (QED) is 0.722. The molecule has 2 fully saturated rings. The molecule has 1 aromatic heterocycles. The Bertz CT molecular complexity index is 585. The molecule has 1 saturated heterocycles. The third-order valence-corrected chi connectivity index (χ3v) is 4.90. The van der Waals surface area contributed by atoms with Crippen LogP contribution in [0, 0.1) is 5.41 Å². The Morgan fingerprint density at radius 3 is 2.83 bits per heavy atom. The lowest BCUT2D eigenvalue weighted by atomic mass is 9.99. The van der Waals surface area contributed by atoms with E-state index in [0.717, 1.165) is 12.8 Å². The van der Waals surface area contributed by atoms with Crippen molar-refractivity contribution in [2.45, 2.75) is 38.0 Å². The van der Waals surface area contributed by atoms with Crippen molar-refractivity contribution in [2.75, 3.05) is 26.8 Å². The Labute approximate surface area is 140 Å². The molecule has 8 nitrogen and oxygen atoms in total. The maximum absolute atomic E-state index is 12.6. The second-order valence-electron chi connectivity index (χ2n) is 6.72. The number of carbonyl (C=O) groups excluding carboxylic acids is 2. The highest BCUT2D eigenvalue weighted by atomic mass is 16.5. The number of nitrogens with one attached hydrogen (secondary N) is 1. The number of carbonyl (C=O) groups is 2. The summed E-state index contributed by atoms with van der Waals surface area (Å²) < 4.78 is 6.75. The van der Waals surface area contributed by atoms with Gasteiger partial charge in [0.05, 0.1) is 23.9 Å². The first-order valence-electron chi connectivity index (χ1n) is 8.25. The smallest absolute Gasteiger partial charge is 0.248 e. The second kappa shape index (κ2) is 6.90. The molecular weight excluding hydrogens is 312 g/mol. The molecule has 8 heteroatoms. The van der Waals surface area contributed by atoms with Gasteiger partial charge in [0.2, 0.25) is 11.8 Å². The van der Waals surface area contributed by atoms with Gasteiger partial charge in [-0.3, -0.25) is 9.59 Å². The number of rotatable bonds is 6. The number of β-amino-alcohol motifs (C(OH)–C–C–N with tert-alkyl or cyclic N) is 1. The minimum Gasteiger partial charge on any atom is -0.389 e. The zero-order valence-electron chi connectivity index (χ0n) is 13.9. The SMILES string of the molecule is COCC(=O)N1CC[C@@H](NC(=O)C2(Cn3ccnc3)CC2)[C@H](O)C1. The number of aromatic nitrogens is 2. The van der Waals surface area contributed by atoms with Crippen LogP contribution in [0.3, 0.4) is 0 Å². The van der Waals surface area contributed by atoms with Gasteiger partial charge in [-0.1, -0.05) is 0 Å². The highest BCUT2D eigenvalue weighted by Gasteiger charge is 2.51. The van der Waals surface area contributed by atoms with Crippen LogP contribution in [0.2, 0.25) is 0 Å². The Hall–Kier alpha value is -1.93. The molecule has 1 aromatic rings. The summed E-state index contributed by atoms with van der Waals surface area (Å²) in [6.45, 7) is 1.36. The normalized spacial score (nSPS) is 25.3. The molecule has 2 heterocycles. The summed E-state index contributed by atoms with van der Waals surface area (Å²) in [6.07, 6.45) is 6.74. The molecule has 1 saturated carbocycles. The molecule has 2 N–H and O–H groups in total. The van der Waals surface area contributed by atoms with E-state index in [0.29, 0.717) is 19.5 Å². The molecule has 2 atom stereocenters. The van der Waals surface area contributed by atoms with E-state index in [-0.39, 0.29) is 36.4 Å². The Morgan fingerprint density at radius 1 is 1.46 bits per heavy atom. The monoisotopic (exact) mass is 336 g/mol. The third-order valence-electron chi connectivity index (χ3n) is 4.90. The second-order valence-corrected chi connectivity index (χ2v) is 6.72. The first kappa shape index (κ1) is 16.9. The molecule has 1 aliphatic heterocycles. The average molecular weight is 336 g/mol. The lowest BCUT2D eigenvalue weighted by Crippen LogP contribution is -2.57. The first-order chi connectivity index (χ1) is 11.5. The van der Waals surface area contributed by atoms with Gasteiger partial charge in [-0.2, -0.15) is 0 Å². The lowest BCUT2D eigenvalue weighted by molar-refractivity contribution is -0.139. The van der Waals surface area contributed by atoms with Crippen LogP contribution in [-0.2, 0) is 20.9 Å². The van der Waals surface area contributed by atoms with Crippen LogP contribution in [0.1, 0.15) is 19.3 Å². The molecule has 24 heavy (non-hydrogen) atoms. The van der Waals surface area contributed by atoms with Gasteiger partial charge in [0.15, 0.2) is 0 Å². The molecular formula is C16H24N4O4. The first-order valence-corrected chi connectivity index (χ1v) is 8.25. The Kier molecular flexibility index (Phi) is 4.86. The maximum Gasteiger partial charge on any atom is 0.248 e. The molecule has 0 aromatic carbocycles. The molecule has 0 spiro atoms. The Balaban J connectivity index is 1.53. The fraction of sp³-hybridized carbons (Fsp3) is 0.688. The van der Waals surface area contributed by atoms with E-state index in [1.807, 2.05) is 10.8 Å². The number of amides is 2. The molecule has 3 rings (SSSR count). The van der Waals surface area contributed by atoms with Crippen LogP contribution < -0.4 is 5.32 Å². The fourth-order valence-corrected chi connectivity index (χ4v) is 3.20. The largest absolute Gasteiger partial charge is 0.389 e. The van der Waals surface area contributed by atoms with Crippen LogP contribution in [0.15, 0.2) is 18.7 Å². The number of piperidine rings is 1. The number of hydrogen-bond acceptors (Lipinski definition) is 5. The van der Waals surface area contributed by atoms with E-state index < -0.39 is 6.10 Å². The van der Waals surface area contributed by atoms with E-state index >= 15 is 0 Å². The van der Waals surface area contributed by atoms with Crippen molar-refractivity contribution in [3.05, 3.63) is 18.7 Å². The zero-order valence-corrected chi connectivity index (χ0v) is 13.9. The summed E-state index contributed by atoms with van der Waals surface area (Å²) in [5.74, 6) is -0.156. The number of likely N-dealkylation sites (tertiary alicyclic amines) is 1. The molecule has 2 amide bonds. The predicted octanol–water partition coefficient (Wildman–Crippen LogP) is -0.612. The van der Waals surface area contributed by atoms with Crippen LogP contribution in [0.25, 0.3) is 0 Å². The number of nitrogens with zero attached hydrogens (tertiary/aromatic N) is 3. The Morgan fingerprint density at radius 2 is 2.25 bits per heavy atom. The number of imidazole rings is 1. The highest BCUT2D eigenvalue weighted by Crippen LogP contribution is 2.47. The number of aliphatic hydroxyl groups excluding tert-OH is 1. The molecule has 1 aliphatic carbocycles. The fourth-order valence-electron chi connectivity index (χ4n) is 3.20. The molecule has 2 aliphatic rings. The topological polar surface area (TPSA) is 96.7 Å². The minimum absolute atomic E-state index is 0.0117. The van der Waals surface area contributed by atoms with Gasteiger partial charge < -0.3 is 24.6 Å². The van der Waals surface area contributed by atoms with Crippen molar-refractivity contribution in [2.24, 2.45) is 5.41 Å². The summed E-state index contributed by atoms with van der Waals surface area (Å²) in [5, 5.41) is 13.3. The van der Waals surface area contributed by atoms with Gasteiger partial charge >= 0.3 is 0 Å². The number of aliphatic hydroxyl groups is 1. The van der Waals surface area contributed by atoms with Gasteiger partial charge in [0, 0.05) is 39.1 Å². The summed E-state index contributed by atoms with van der Waals surface area (Å²) in [5.41, 5.74) is -0.385. The number of ether oxygens (including phenoxy) is 1. The molecule has 0 radical (unpaired) electrons. The van der Waals surface area contributed by atoms with E-state index in [2.05, 4.69) is 10.3 Å². The highest BCUT2D eigenvalue weighted by molar-refractivity contribution is 5.85. The predicted molar refractivity (Wildman–Crippen MR) is 84.9 cm³/mol. The maximum atomic E-state index is 12.6. The van der Waals surface area contributed by atoms with Crippen molar-refractivity contribution in [1.82, 2.24) is 19.8 Å². The van der Waals surface area contributed by atoms with Crippen molar-refractivity contribution >= 4 is 11.8 Å². The molecule has 132 valence electrons. The van der Waals surface area contributed by atoms with Crippen molar-refractivity contribution in [1.29, 1.82) is 0 Å².